The van der Waals surface area contributed by atoms with E-state index < -0.39 is 0 Å². The Bertz CT molecular complexity index is 132. The standard InChI is InChI=1S/C10H16Cl2O/c1-3-9(11)5-7-13-8-6-10(12)4-2/h3-4,9-10H,1-2,5-8H2/t9-,10-/m1/s1. The zero-order valence-corrected chi connectivity index (χ0v) is 9.23. The molecule has 3 heteroatoms. The molecule has 0 aliphatic carbocycles. The summed E-state index contributed by atoms with van der Waals surface area (Å²) in [6, 6.07) is 0. The molecule has 0 heterocycles. The second kappa shape index (κ2) is 8.61. The predicted molar refractivity (Wildman–Crippen MR) is 59.7 cm³/mol. The maximum atomic E-state index is 5.79. The van der Waals surface area contributed by atoms with E-state index in [-0.39, 0.29) is 10.8 Å². The van der Waals surface area contributed by atoms with Crippen molar-refractivity contribution in [1.29, 1.82) is 0 Å². The monoisotopic (exact) mass is 222 g/mol. The molecule has 0 fully saturated rings. The van der Waals surface area contributed by atoms with Gasteiger partial charge in [-0.15, -0.1) is 36.4 Å². The first-order chi connectivity index (χ1) is 6.20. The highest BCUT2D eigenvalue weighted by Crippen LogP contribution is 2.05. The maximum Gasteiger partial charge on any atom is 0.0535 e. The van der Waals surface area contributed by atoms with Gasteiger partial charge in [-0.05, 0) is 12.8 Å². The van der Waals surface area contributed by atoms with Gasteiger partial charge in [-0.1, -0.05) is 12.2 Å². The first-order valence-electron chi connectivity index (χ1n) is 4.31. The Balaban J connectivity index is 3.16. The van der Waals surface area contributed by atoms with Crippen LogP contribution in [-0.4, -0.2) is 24.0 Å². The molecule has 0 radical (unpaired) electrons. The van der Waals surface area contributed by atoms with Gasteiger partial charge in [0.25, 0.3) is 0 Å². The summed E-state index contributed by atoms with van der Waals surface area (Å²) in [6.45, 7) is 8.47. The highest BCUT2D eigenvalue weighted by molar-refractivity contribution is 6.21. The van der Waals surface area contributed by atoms with Gasteiger partial charge in [0.05, 0.1) is 10.8 Å². The van der Waals surface area contributed by atoms with Gasteiger partial charge in [-0.3, -0.25) is 0 Å². The second-order valence-corrected chi connectivity index (χ2v) is 3.81. The van der Waals surface area contributed by atoms with Crippen LogP contribution >= 0.6 is 23.2 Å². The third-order valence-electron chi connectivity index (χ3n) is 1.59. The van der Waals surface area contributed by atoms with E-state index in [4.69, 9.17) is 27.9 Å². The molecular weight excluding hydrogens is 207 g/mol. The van der Waals surface area contributed by atoms with Crippen LogP contribution in [0.1, 0.15) is 12.8 Å². The second-order valence-electron chi connectivity index (χ2n) is 2.69. The SMILES string of the molecule is C=C[C@@H](Cl)CCOCC[C@H](Cl)C=C. The highest BCUT2D eigenvalue weighted by Gasteiger charge is 2.00. The first kappa shape index (κ1) is 13.0. The van der Waals surface area contributed by atoms with E-state index in [0.29, 0.717) is 13.2 Å². The van der Waals surface area contributed by atoms with Crippen LogP contribution in [0, 0.1) is 0 Å². The van der Waals surface area contributed by atoms with Crippen molar-refractivity contribution in [3.63, 3.8) is 0 Å². The topological polar surface area (TPSA) is 9.23 Å². The van der Waals surface area contributed by atoms with Crippen molar-refractivity contribution in [3.05, 3.63) is 25.3 Å². The minimum absolute atomic E-state index is 0.00574. The number of rotatable bonds is 8. The molecule has 0 aliphatic heterocycles. The van der Waals surface area contributed by atoms with Crippen LogP contribution in [-0.2, 0) is 4.74 Å². The first-order valence-corrected chi connectivity index (χ1v) is 5.19. The lowest BCUT2D eigenvalue weighted by Gasteiger charge is -2.06. The van der Waals surface area contributed by atoms with E-state index in [1.54, 1.807) is 12.2 Å². The van der Waals surface area contributed by atoms with Gasteiger partial charge in [0.1, 0.15) is 0 Å². The maximum absolute atomic E-state index is 5.79. The van der Waals surface area contributed by atoms with Crippen molar-refractivity contribution < 1.29 is 4.74 Å². The van der Waals surface area contributed by atoms with Crippen LogP contribution < -0.4 is 0 Å². The van der Waals surface area contributed by atoms with Gasteiger partial charge in [-0.25, -0.2) is 0 Å². The molecule has 0 saturated heterocycles. The molecule has 0 bridgehead atoms. The number of halogens is 2. The minimum atomic E-state index is 0.00574. The fraction of sp³-hybridized carbons (Fsp3) is 0.600. The van der Waals surface area contributed by atoms with E-state index in [1.807, 2.05) is 0 Å². The van der Waals surface area contributed by atoms with Gasteiger partial charge in [0, 0.05) is 13.2 Å². The highest BCUT2D eigenvalue weighted by atomic mass is 35.5. The van der Waals surface area contributed by atoms with Crippen LogP contribution in [0.3, 0.4) is 0 Å². The number of hydrogen-bond donors (Lipinski definition) is 0. The molecule has 0 unspecified atom stereocenters. The van der Waals surface area contributed by atoms with E-state index in [9.17, 15) is 0 Å². The fourth-order valence-corrected chi connectivity index (χ4v) is 0.908. The minimum Gasteiger partial charge on any atom is -0.381 e. The van der Waals surface area contributed by atoms with Crippen molar-refractivity contribution in [2.45, 2.75) is 23.6 Å². The molecular formula is C10H16Cl2O. The lowest BCUT2D eigenvalue weighted by Crippen LogP contribution is -2.05. The lowest BCUT2D eigenvalue weighted by molar-refractivity contribution is 0.131. The van der Waals surface area contributed by atoms with Crippen LogP contribution in [0.2, 0.25) is 0 Å². The molecule has 76 valence electrons. The smallest absolute Gasteiger partial charge is 0.0535 e. The third kappa shape index (κ3) is 8.35. The molecule has 2 atom stereocenters. The average Bonchev–Trinajstić information content (AvgIpc) is 2.16. The molecule has 0 aromatic carbocycles. The number of hydrogen-bond acceptors (Lipinski definition) is 1. The predicted octanol–water partition coefficient (Wildman–Crippen LogP) is 3.37. The normalized spacial score (nSPS) is 14.9. The number of ether oxygens (including phenoxy) is 1. The summed E-state index contributed by atoms with van der Waals surface area (Å²) in [6.07, 6.45) is 5.01. The number of alkyl halides is 2. The van der Waals surface area contributed by atoms with Crippen LogP contribution in [0.5, 0.6) is 0 Å². The molecule has 1 nitrogen and oxygen atoms in total. The Hall–Kier alpha value is 0.0200. The summed E-state index contributed by atoms with van der Waals surface area (Å²) in [5.74, 6) is 0. The molecule has 13 heavy (non-hydrogen) atoms. The summed E-state index contributed by atoms with van der Waals surface area (Å²) in [7, 11) is 0. The number of allylic oxidation sites excluding steroid dienone is 2. The van der Waals surface area contributed by atoms with Crippen LogP contribution in [0.4, 0.5) is 0 Å². The van der Waals surface area contributed by atoms with Crippen molar-refractivity contribution in [2.24, 2.45) is 0 Å². The Morgan fingerprint density at radius 1 is 1.00 bits per heavy atom. The Morgan fingerprint density at radius 3 is 1.69 bits per heavy atom. The fourth-order valence-electron chi connectivity index (χ4n) is 0.730. The summed E-state index contributed by atoms with van der Waals surface area (Å²) in [5, 5.41) is 0.0115. The molecule has 0 amide bonds. The van der Waals surface area contributed by atoms with E-state index in [2.05, 4.69) is 13.2 Å². The summed E-state index contributed by atoms with van der Waals surface area (Å²) < 4.78 is 5.31. The zero-order chi connectivity index (χ0) is 10.1. The van der Waals surface area contributed by atoms with E-state index in [1.165, 1.54) is 0 Å². The van der Waals surface area contributed by atoms with Crippen molar-refractivity contribution in [3.8, 4) is 0 Å². The van der Waals surface area contributed by atoms with Crippen LogP contribution in [0.15, 0.2) is 25.3 Å². The van der Waals surface area contributed by atoms with E-state index >= 15 is 0 Å². The van der Waals surface area contributed by atoms with Crippen molar-refractivity contribution >= 4 is 23.2 Å². The Kier molecular flexibility index (Phi) is 8.62. The van der Waals surface area contributed by atoms with Gasteiger partial charge in [0.2, 0.25) is 0 Å². The Morgan fingerprint density at radius 2 is 1.38 bits per heavy atom. The third-order valence-corrected chi connectivity index (χ3v) is 2.38. The largest absolute Gasteiger partial charge is 0.381 e. The lowest BCUT2D eigenvalue weighted by atomic mass is 10.3. The van der Waals surface area contributed by atoms with Crippen LogP contribution in [0.25, 0.3) is 0 Å². The zero-order valence-electron chi connectivity index (χ0n) is 7.72. The summed E-state index contributed by atoms with van der Waals surface area (Å²) in [4.78, 5) is 0. The molecule has 0 spiro atoms. The molecule has 0 saturated carbocycles. The molecule has 0 aromatic heterocycles. The van der Waals surface area contributed by atoms with Gasteiger partial charge in [0.15, 0.2) is 0 Å². The summed E-state index contributed by atoms with van der Waals surface area (Å²) in [5.41, 5.74) is 0. The average molecular weight is 223 g/mol. The van der Waals surface area contributed by atoms with Gasteiger partial charge in [-0.2, -0.15) is 0 Å². The van der Waals surface area contributed by atoms with Crippen molar-refractivity contribution in [2.75, 3.05) is 13.2 Å². The molecule has 0 rings (SSSR count). The van der Waals surface area contributed by atoms with E-state index in [0.717, 1.165) is 12.8 Å². The molecule has 0 aromatic rings. The van der Waals surface area contributed by atoms with Crippen molar-refractivity contribution in [1.82, 2.24) is 0 Å². The Labute approximate surface area is 90.4 Å². The summed E-state index contributed by atoms with van der Waals surface area (Å²) >= 11 is 11.6. The molecule has 0 N–H and O–H groups in total. The van der Waals surface area contributed by atoms with Gasteiger partial charge >= 0.3 is 0 Å². The quantitative estimate of drug-likeness (QED) is 0.348. The molecule has 0 aliphatic rings. The van der Waals surface area contributed by atoms with Gasteiger partial charge < -0.3 is 4.74 Å².